The van der Waals surface area contributed by atoms with Crippen molar-refractivity contribution < 1.29 is 0 Å². The smallest absolute Gasteiger partial charge is 0.155 e. The highest BCUT2D eigenvalue weighted by Crippen LogP contribution is 2.02. The van der Waals surface area contributed by atoms with Crippen LogP contribution >= 0.6 is 0 Å². The molecule has 0 aromatic carbocycles. The number of hydrogen-bond donors (Lipinski definition) is 0. The van der Waals surface area contributed by atoms with Gasteiger partial charge in [0.05, 0.1) is 0 Å². The molecule has 0 unspecified atom stereocenters. The Bertz CT molecular complexity index is 364. The minimum absolute atomic E-state index is 0.905. The van der Waals surface area contributed by atoms with Crippen LogP contribution in [0.2, 0.25) is 0 Å². The molecule has 0 aliphatic heterocycles. The fraction of sp³-hybridized carbons (Fsp3) is 0.250. The fourth-order valence-corrected chi connectivity index (χ4v) is 1.07. The van der Waals surface area contributed by atoms with Crippen molar-refractivity contribution in [2.45, 2.75) is 13.3 Å². The molecule has 0 amide bonds. The highest BCUT2D eigenvalue weighted by atomic mass is 15.3. The quantitative estimate of drug-likeness (QED) is 0.608. The van der Waals surface area contributed by atoms with Gasteiger partial charge in [0.25, 0.3) is 0 Å². The lowest BCUT2D eigenvalue weighted by molar-refractivity contribution is 0.936. The number of aryl methyl sites for hydroxylation is 1. The van der Waals surface area contributed by atoms with Crippen LogP contribution in [0.3, 0.4) is 0 Å². The van der Waals surface area contributed by atoms with Crippen LogP contribution in [0.5, 0.6) is 0 Å². The van der Waals surface area contributed by atoms with Crippen LogP contribution in [0.4, 0.5) is 0 Å². The van der Waals surface area contributed by atoms with Gasteiger partial charge in [0.15, 0.2) is 5.65 Å². The summed E-state index contributed by atoms with van der Waals surface area (Å²) in [7, 11) is 0. The van der Waals surface area contributed by atoms with E-state index in [0.29, 0.717) is 0 Å². The van der Waals surface area contributed by atoms with Crippen molar-refractivity contribution in [2.75, 3.05) is 0 Å². The van der Waals surface area contributed by atoms with Gasteiger partial charge >= 0.3 is 0 Å². The molecule has 0 radical (unpaired) electrons. The number of rotatable bonds is 1. The number of aromatic nitrogens is 3. The van der Waals surface area contributed by atoms with E-state index >= 15 is 0 Å². The number of nitrogens with zero attached hydrogens (tertiary/aromatic N) is 3. The standard InChI is InChI=1S/C8H9N3/c1-2-7-3-4-8-9-6-10-11(8)5-7/h3-6H,2H2,1H3. The van der Waals surface area contributed by atoms with E-state index < -0.39 is 0 Å². The van der Waals surface area contributed by atoms with Crippen molar-refractivity contribution in [3.05, 3.63) is 30.2 Å². The topological polar surface area (TPSA) is 30.2 Å². The lowest BCUT2D eigenvalue weighted by atomic mass is 10.2. The first-order valence-corrected chi connectivity index (χ1v) is 3.68. The summed E-state index contributed by atoms with van der Waals surface area (Å²) in [5, 5.41) is 4.03. The van der Waals surface area contributed by atoms with E-state index in [1.807, 2.05) is 12.3 Å². The maximum Gasteiger partial charge on any atom is 0.155 e. The Morgan fingerprint density at radius 3 is 3.18 bits per heavy atom. The van der Waals surface area contributed by atoms with Crippen molar-refractivity contribution in [1.29, 1.82) is 0 Å². The van der Waals surface area contributed by atoms with Crippen LogP contribution in [0.25, 0.3) is 5.65 Å². The molecule has 0 spiro atoms. The largest absolute Gasteiger partial charge is 0.221 e. The van der Waals surface area contributed by atoms with Crippen molar-refractivity contribution in [1.82, 2.24) is 14.6 Å². The Morgan fingerprint density at radius 2 is 2.36 bits per heavy atom. The number of fused-ring (bicyclic) bond motifs is 1. The monoisotopic (exact) mass is 147 g/mol. The third-order valence-electron chi connectivity index (χ3n) is 1.74. The van der Waals surface area contributed by atoms with Crippen molar-refractivity contribution in [3.8, 4) is 0 Å². The van der Waals surface area contributed by atoms with Crippen LogP contribution in [0, 0.1) is 0 Å². The molecule has 0 atom stereocenters. The molecule has 2 rings (SSSR count). The lowest BCUT2D eigenvalue weighted by Gasteiger charge is -1.95. The van der Waals surface area contributed by atoms with Gasteiger partial charge < -0.3 is 0 Å². The van der Waals surface area contributed by atoms with Crippen LogP contribution < -0.4 is 0 Å². The second kappa shape index (κ2) is 2.34. The molecule has 0 bridgehead atoms. The van der Waals surface area contributed by atoms with Gasteiger partial charge in [-0.15, -0.1) is 0 Å². The van der Waals surface area contributed by atoms with E-state index in [1.54, 1.807) is 10.8 Å². The van der Waals surface area contributed by atoms with Gasteiger partial charge in [-0.25, -0.2) is 9.50 Å². The van der Waals surface area contributed by atoms with E-state index in [9.17, 15) is 0 Å². The molecule has 0 saturated heterocycles. The zero-order valence-electron chi connectivity index (χ0n) is 6.36. The lowest BCUT2D eigenvalue weighted by Crippen LogP contribution is -1.89. The van der Waals surface area contributed by atoms with Gasteiger partial charge in [0.1, 0.15) is 6.33 Å². The Balaban J connectivity index is 2.67. The van der Waals surface area contributed by atoms with Crippen molar-refractivity contribution in [2.24, 2.45) is 0 Å². The highest BCUT2D eigenvalue weighted by Gasteiger charge is 1.93. The van der Waals surface area contributed by atoms with Gasteiger partial charge in [0.2, 0.25) is 0 Å². The molecule has 3 nitrogen and oxygen atoms in total. The van der Waals surface area contributed by atoms with E-state index in [-0.39, 0.29) is 0 Å². The molecule has 0 fully saturated rings. The first-order valence-electron chi connectivity index (χ1n) is 3.68. The summed E-state index contributed by atoms with van der Waals surface area (Å²) in [5.74, 6) is 0. The first-order chi connectivity index (χ1) is 5.40. The summed E-state index contributed by atoms with van der Waals surface area (Å²) in [6.45, 7) is 2.12. The summed E-state index contributed by atoms with van der Waals surface area (Å²) in [5.41, 5.74) is 2.19. The molecule has 0 saturated carbocycles. The zero-order valence-corrected chi connectivity index (χ0v) is 6.36. The average Bonchev–Trinajstić information content (AvgIpc) is 2.50. The van der Waals surface area contributed by atoms with Gasteiger partial charge in [-0.2, -0.15) is 5.10 Å². The minimum atomic E-state index is 0.905. The summed E-state index contributed by atoms with van der Waals surface area (Å²) in [6, 6.07) is 4.05. The first kappa shape index (κ1) is 6.34. The van der Waals surface area contributed by atoms with Crippen molar-refractivity contribution in [3.63, 3.8) is 0 Å². The Hall–Kier alpha value is -1.38. The summed E-state index contributed by atoms with van der Waals surface area (Å²) in [6.07, 6.45) is 4.60. The highest BCUT2D eigenvalue weighted by molar-refractivity contribution is 5.37. The minimum Gasteiger partial charge on any atom is -0.221 e. The molecule has 56 valence electrons. The van der Waals surface area contributed by atoms with Crippen LogP contribution in [-0.2, 0) is 6.42 Å². The van der Waals surface area contributed by atoms with E-state index in [4.69, 9.17) is 0 Å². The molecular formula is C8H9N3. The molecule has 3 heteroatoms. The molecule has 11 heavy (non-hydrogen) atoms. The average molecular weight is 147 g/mol. The molecule has 0 aliphatic carbocycles. The van der Waals surface area contributed by atoms with Crippen LogP contribution in [0.1, 0.15) is 12.5 Å². The maximum atomic E-state index is 4.05. The Kier molecular flexibility index (Phi) is 1.35. The molecule has 2 heterocycles. The van der Waals surface area contributed by atoms with Crippen LogP contribution in [-0.4, -0.2) is 14.6 Å². The summed E-state index contributed by atoms with van der Waals surface area (Å²) < 4.78 is 1.79. The fourth-order valence-electron chi connectivity index (χ4n) is 1.07. The molecule has 0 N–H and O–H groups in total. The Morgan fingerprint density at radius 1 is 1.45 bits per heavy atom. The van der Waals surface area contributed by atoms with Gasteiger partial charge in [-0.05, 0) is 18.1 Å². The molecule has 0 aliphatic rings. The van der Waals surface area contributed by atoms with Gasteiger partial charge in [-0.1, -0.05) is 13.0 Å². The predicted molar refractivity (Wildman–Crippen MR) is 42.4 cm³/mol. The predicted octanol–water partition coefficient (Wildman–Crippen LogP) is 1.29. The van der Waals surface area contributed by atoms with E-state index in [0.717, 1.165) is 12.1 Å². The molecule has 2 aromatic heterocycles. The molecular weight excluding hydrogens is 138 g/mol. The number of pyridine rings is 1. The zero-order chi connectivity index (χ0) is 7.68. The third-order valence-corrected chi connectivity index (χ3v) is 1.74. The van der Waals surface area contributed by atoms with Gasteiger partial charge in [0, 0.05) is 6.20 Å². The Labute approximate surface area is 64.7 Å². The second-order valence-electron chi connectivity index (χ2n) is 2.45. The van der Waals surface area contributed by atoms with Gasteiger partial charge in [-0.3, -0.25) is 0 Å². The van der Waals surface area contributed by atoms with E-state index in [2.05, 4.69) is 23.1 Å². The van der Waals surface area contributed by atoms with Crippen LogP contribution in [0.15, 0.2) is 24.7 Å². The van der Waals surface area contributed by atoms with Crippen molar-refractivity contribution >= 4 is 5.65 Å². The summed E-state index contributed by atoms with van der Waals surface area (Å²) in [4.78, 5) is 4.05. The number of hydrogen-bond acceptors (Lipinski definition) is 2. The second-order valence-corrected chi connectivity index (χ2v) is 2.45. The normalized spacial score (nSPS) is 10.6. The van der Waals surface area contributed by atoms with E-state index in [1.165, 1.54) is 5.56 Å². The maximum absolute atomic E-state index is 4.05. The summed E-state index contributed by atoms with van der Waals surface area (Å²) >= 11 is 0. The molecule has 2 aromatic rings. The SMILES string of the molecule is CCc1ccc2ncnn2c1. The third kappa shape index (κ3) is 0.981.